The molecule has 1 aromatic carbocycles. The molecule has 34 nitrogen and oxygen atoms in total. The third-order valence-electron chi connectivity index (χ3n) is 16.9. The minimum Gasteiger partial charge on any atom is -0.506 e. The van der Waals surface area contributed by atoms with Gasteiger partial charge in [0.05, 0.1) is 48.8 Å². The van der Waals surface area contributed by atoms with E-state index in [1.165, 1.54) is 60.0 Å². The molecule has 8 aromatic rings. The molecule has 542 valence electrons. The Kier molecular flexibility index (Phi) is 21.4. The van der Waals surface area contributed by atoms with Crippen LogP contribution in [-0.4, -0.2) is 212 Å². The predicted molar refractivity (Wildman–Crippen MR) is 370 cm³/mol. The van der Waals surface area contributed by atoms with E-state index in [1.54, 1.807) is 45.0 Å². The number of aliphatic hydroxyl groups excluding tert-OH is 1. The van der Waals surface area contributed by atoms with Crippen LogP contribution in [0, 0.1) is 0 Å². The number of thiazole rings is 5. The number of primary amides is 1. The molecule has 0 saturated carbocycles. The van der Waals surface area contributed by atoms with Crippen LogP contribution in [0.15, 0.2) is 56.9 Å². The first-order valence-electron chi connectivity index (χ1n) is 31.2. The standard InChI is InChI=1S/C63H64N14O20S6/c1-23(78)41-55(87)74-42(24(2)92-7)58-69-35(21-101-58)54(86)75-45-47-48(97-39-12-63(4,90)49(76(5)6)25(3)96-39)62(89)94-13-26-9-8-10-36-40(26)28(14-93-47)46(77(36)91)61(88)95-15-29(65-51(83)32-20-103-60(45)71-32)57-67-30(17-100-57)43-27(56-68-34(18-99-56)53(85)73-41)11-37(79)44(72-43)59-70-33(19-102-59)52(84)66-31(50(64)82)16-98-22-38(80)81/h8-11,17-21,23,25,29,31,39,41,45,47-49,78-79,90-91H,12-16,22H2,1-7H3,(H2,64,82)(H,65,83)(H,66,84)(H,73,85)(H,74,87)(H,75,86)(H,80,81)/b42-24+/t23?,25-,29?,31?,39-,41?,45?,47?,48?,49+,63-/m0/s1. The van der Waals surface area contributed by atoms with Crippen LogP contribution in [0.3, 0.4) is 0 Å². The van der Waals surface area contributed by atoms with Gasteiger partial charge in [-0.15, -0.1) is 68.4 Å². The number of rotatable bonds is 13. The molecule has 1 saturated heterocycles. The number of nitrogens with zero attached hydrogens (tertiary/aromatic N) is 8. The Balaban J connectivity index is 1.02. The van der Waals surface area contributed by atoms with Crippen molar-refractivity contribution in [2.24, 2.45) is 5.73 Å². The molecule has 7 unspecified atom stereocenters. The highest BCUT2D eigenvalue weighted by Crippen LogP contribution is 2.43. The molecule has 4 aliphatic rings. The van der Waals surface area contributed by atoms with Gasteiger partial charge in [0.15, 0.2) is 18.1 Å². The molecule has 12 bridgehead atoms. The topological polar surface area (TPSA) is 482 Å². The van der Waals surface area contributed by atoms with Crippen LogP contribution < -0.4 is 32.3 Å². The third-order valence-corrected chi connectivity index (χ3v) is 22.4. The Morgan fingerprint density at radius 3 is 2.24 bits per heavy atom. The van der Waals surface area contributed by atoms with Gasteiger partial charge in [0.25, 0.3) is 23.6 Å². The van der Waals surface area contributed by atoms with Crippen molar-refractivity contribution >= 4 is 138 Å². The van der Waals surface area contributed by atoms with Gasteiger partial charge in [-0.2, -0.15) is 4.73 Å². The molecule has 0 radical (unpaired) electrons. The minimum atomic E-state index is -1.93. The summed E-state index contributed by atoms with van der Waals surface area (Å²) in [4.78, 5) is 156. The number of carboxylic acids is 1. The van der Waals surface area contributed by atoms with Gasteiger partial charge in [0.1, 0.15) is 126 Å². The van der Waals surface area contributed by atoms with Gasteiger partial charge in [-0.05, 0) is 59.5 Å². The van der Waals surface area contributed by atoms with Gasteiger partial charge >= 0.3 is 17.9 Å². The summed E-state index contributed by atoms with van der Waals surface area (Å²) >= 11 is 5.21. The Hall–Kier alpha value is -9.46. The van der Waals surface area contributed by atoms with E-state index in [4.69, 9.17) is 54.2 Å². The summed E-state index contributed by atoms with van der Waals surface area (Å²) in [6.45, 7) is 4.15. The lowest BCUT2D eigenvalue weighted by Crippen LogP contribution is -2.62. The maximum absolute atomic E-state index is 15.2. The zero-order valence-electron chi connectivity index (χ0n) is 55.2. The summed E-state index contributed by atoms with van der Waals surface area (Å²) in [5.74, 6) is -10.1. The van der Waals surface area contributed by atoms with Crippen molar-refractivity contribution < 1.29 is 97.2 Å². The van der Waals surface area contributed by atoms with E-state index in [9.17, 15) is 44.5 Å². The zero-order valence-corrected chi connectivity index (χ0v) is 60.1. The van der Waals surface area contributed by atoms with Crippen molar-refractivity contribution in [3.8, 4) is 38.4 Å². The average Bonchev–Trinajstić information content (AvgIpc) is 1.63. The number of carboxylic acid groups (broad SMARTS) is 1. The van der Waals surface area contributed by atoms with E-state index >= 15 is 19.2 Å². The molecule has 12 rings (SSSR count). The third kappa shape index (κ3) is 15.2. The smallest absolute Gasteiger partial charge is 0.358 e. The first-order valence-corrected chi connectivity index (χ1v) is 36.7. The number of amides is 6. The van der Waals surface area contributed by atoms with Crippen molar-refractivity contribution in [3.05, 3.63) is 112 Å². The Morgan fingerprint density at radius 1 is 0.864 bits per heavy atom. The van der Waals surface area contributed by atoms with Crippen molar-refractivity contribution in [1.29, 1.82) is 0 Å². The number of cyclic esters (lactones) is 2. The van der Waals surface area contributed by atoms with Crippen LogP contribution in [0.4, 0.5) is 0 Å². The van der Waals surface area contributed by atoms with Gasteiger partial charge in [0, 0.05) is 55.6 Å². The molecule has 11 heterocycles. The van der Waals surface area contributed by atoms with Gasteiger partial charge in [0.2, 0.25) is 11.8 Å². The molecular weight excluding hydrogens is 1470 g/mol. The van der Waals surface area contributed by atoms with Gasteiger partial charge < -0.3 is 91.3 Å². The van der Waals surface area contributed by atoms with Crippen LogP contribution in [0.2, 0.25) is 0 Å². The number of benzene rings is 1. The number of aromatic hydroxyl groups is 1. The molecule has 40 heteroatoms. The van der Waals surface area contributed by atoms with Gasteiger partial charge in [-0.3, -0.25) is 33.6 Å². The molecule has 7 aromatic heterocycles. The van der Waals surface area contributed by atoms with Crippen molar-refractivity contribution in [3.63, 3.8) is 0 Å². The van der Waals surface area contributed by atoms with E-state index in [-0.39, 0.29) is 122 Å². The number of thioether (sulfide) groups is 1. The highest BCUT2D eigenvalue weighted by atomic mass is 32.2. The number of fused-ring (bicyclic) bond motifs is 15. The normalized spacial score (nSPS) is 23.7. The number of carbonyl (C=O) groups excluding carboxylic acids is 8. The number of aliphatic hydroxyl groups is 2. The van der Waals surface area contributed by atoms with E-state index in [0.29, 0.717) is 4.73 Å². The maximum atomic E-state index is 15.2. The SMILES string of the molecule is CO/C(C)=C1/NC(=O)C(C(C)O)NC(=O)c2csc(n2)-c2cc(O)c(-c3nc(C(=O)NC(CSCC(=O)O)C(N)=O)cs3)nc2-c2csc(n2)C2COC(=O)c3c4c5c(cccc5n3O)COC(=O)C(O[C@H]3C[C@](C)(O)[C@H](N(C)C)[C@H](C)O3)C(OC4)C(NC(=O)c3csc1n3)c1nc(cs1)C(=O)N2. The number of esters is 2. The lowest BCUT2D eigenvalue weighted by atomic mass is 9.85. The highest BCUT2D eigenvalue weighted by Gasteiger charge is 2.50. The van der Waals surface area contributed by atoms with Crippen molar-refractivity contribution in [2.75, 3.05) is 39.3 Å². The monoisotopic (exact) mass is 1530 g/mol. The lowest BCUT2D eigenvalue weighted by Gasteiger charge is -2.48. The van der Waals surface area contributed by atoms with Crippen LogP contribution in [0.5, 0.6) is 5.75 Å². The number of likely N-dealkylation sites (N-methyl/N-ethyl adjacent to an activating group) is 1. The fraction of sp³-hybridized carbons (Fsp3) is 0.381. The summed E-state index contributed by atoms with van der Waals surface area (Å²) in [7, 11) is 4.82. The molecule has 103 heavy (non-hydrogen) atoms. The number of ether oxygens (including phenoxy) is 6. The predicted octanol–water partition coefficient (Wildman–Crippen LogP) is 3.56. The first-order chi connectivity index (χ1) is 49.1. The molecule has 4 aliphatic heterocycles. The number of methoxy groups -OCH3 is 1. The summed E-state index contributed by atoms with van der Waals surface area (Å²) in [5, 5.41) is 76.7. The summed E-state index contributed by atoms with van der Waals surface area (Å²) in [6, 6.07) is -0.797. The molecule has 6 amide bonds. The number of nitrogens with two attached hydrogens (primary N) is 1. The number of allylic oxidation sites excluding steroid dienone is 1. The Bertz CT molecular complexity index is 4730. The number of carbonyl (C=O) groups is 9. The lowest BCUT2D eigenvalue weighted by molar-refractivity contribution is -0.280. The summed E-state index contributed by atoms with van der Waals surface area (Å²) < 4.78 is 38.2. The fourth-order valence-corrected chi connectivity index (χ4v) is 17.1. The van der Waals surface area contributed by atoms with E-state index in [1.807, 2.05) is 0 Å². The minimum absolute atomic E-state index is 0.00398. The Labute approximate surface area is 606 Å². The van der Waals surface area contributed by atoms with E-state index in [0.717, 1.165) is 68.4 Å². The van der Waals surface area contributed by atoms with Crippen molar-refractivity contribution in [2.45, 2.75) is 114 Å². The van der Waals surface area contributed by atoms with Crippen LogP contribution in [-0.2, 0) is 60.8 Å². The summed E-state index contributed by atoms with van der Waals surface area (Å²) in [5.41, 5.74) is 2.39. The quantitative estimate of drug-likeness (QED) is 0.0446. The van der Waals surface area contributed by atoms with Crippen LogP contribution in [0.1, 0.15) is 125 Å². The Morgan fingerprint density at radius 2 is 1.53 bits per heavy atom. The molecule has 12 N–H and O–H groups in total. The van der Waals surface area contributed by atoms with Crippen LogP contribution in [0.25, 0.3) is 49.3 Å². The number of nitrogens with one attached hydrogen (secondary N) is 5. The number of aliphatic carboxylic acids is 1. The first kappa shape index (κ1) is 73.3. The fourth-order valence-electron chi connectivity index (χ4n) is 12.2. The second-order valence-electron chi connectivity index (χ2n) is 24.4. The molecule has 0 aliphatic carbocycles. The summed E-state index contributed by atoms with van der Waals surface area (Å²) in [6.07, 6.45) is -7.64. The highest BCUT2D eigenvalue weighted by molar-refractivity contribution is 8.00. The number of pyridine rings is 1. The molecular formula is C63H64N14O20S6. The van der Waals surface area contributed by atoms with Crippen LogP contribution >= 0.6 is 68.4 Å². The van der Waals surface area contributed by atoms with E-state index < -0.39 is 151 Å². The molecule has 0 spiro atoms. The van der Waals surface area contributed by atoms with E-state index in [2.05, 4.69) is 41.5 Å². The maximum Gasteiger partial charge on any atom is 0.358 e. The largest absolute Gasteiger partial charge is 0.506 e. The number of aromatic nitrogens is 7. The molecule has 1 fully saturated rings. The second kappa shape index (κ2) is 30.1. The van der Waals surface area contributed by atoms with Gasteiger partial charge in [-0.25, -0.2) is 39.5 Å². The second-order valence-corrected chi connectivity index (χ2v) is 29.8. The van der Waals surface area contributed by atoms with Gasteiger partial charge in [-0.1, -0.05) is 12.1 Å². The number of hydrogen-bond acceptors (Lipinski definition) is 32. The average molecular weight is 1530 g/mol. The van der Waals surface area contributed by atoms with Crippen molar-refractivity contribution in [1.82, 2.24) is 66.1 Å². The zero-order chi connectivity index (χ0) is 73.6. The molecule has 11 atom stereocenters. The number of hydrogen-bond donors (Lipinski definition) is 11.